The Morgan fingerprint density at radius 3 is 2.27 bits per heavy atom. The van der Waals surface area contributed by atoms with Gasteiger partial charge in [-0.15, -0.1) is 0 Å². The molecule has 0 spiro atoms. The van der Waals surface area contributed by atoms with E-state index in [9.17, 15) is 4.79 Å². The SMILES string of the molecule is COC(=O)[C@@]1(C)N=C(c2ccccc2)O[C@H]1c1ccccc1. The lowest BCUT2D eigenvalue weighted by Gasteiger charge is -2.25. The highest BCUT2D eigenvalue weighted by atomic mass is 16.5. The van der Waals surface area contributed by atoms with Gasteiger partial charge in [-0.05, 0) is 24.6 Å². The van der Waals surface area contributed by atoms with Gasteiger partial charge in [-0.3, -0.25) is 0 Å². The topological polar surface area (TPSA) is 47.9 Å². The van der Waals surface area contributed by atoms with Crippen LogP contribution in [0.25, 0.3) is 0 Å². The van der Waals surface area contributed by atoms with E-state index in [1.165, 1.54) is 7.11 Å². The lowest BCUT2D eigenvalue weighted by molar-refractivity contribution is -0.149. The molecule has 1 heterocycles. The Bertz CT molecular complexity index is 697. The Morgan fingerprint density at radius 2 is 1.68 bits per heavy atom. The second-order valence-electron chi connectivity index (χ2n) is 5.33. The average molecular weight is 295 g/mol. The summed E-state index contributed by atoms with van der Waals surface area (Å²) in [6.07, 6.45) is -0.503. The van der Waals surface area contributed by atoms with Crippen LogP contribution >= 0.6 is 0 Å². The molecule has 0 saturated carbocycles. The van der Waals surface area contributed by atoms with Gasteiger partial charge < -0.3 is 9.47 Å². The van der Waals surface area contributed by atoms with Crippen molar-refractivity contribution in [2.45, 2.75) is 18.6 Å². The van der Waals surface area contributed by atoms with Gasteiger partial charge in [-0.2, -0.15) is 0 Å². The first-order valence-electron chi connectivity index (χ1n) is 7.10. The Hall–Kier alpha value is -2.62. The van der Waals surface area contributed by atoms with E-state index in [0.29, 0.717) is 5.90 Å². The van der Waals surface area contributed by atoms with Gasteiger partial charge in [0, 0.05) is 5.56 Å². The molecule has 0 fully saturated rings. The molecule has 2 aromatic rings. The van der Waals surface area contributed by atoms with Crippen molar-refractivity contribution in [1.29, 1.82) is 0 Å². The minimum Gasteiger partial charge on any atom is -0.467 e. The van der Waals surface area contributed by atoms with Crippen molar-refractivity contribution >= 4 is 11.9 Å². The molecule has 112 valence electrons. The molecule has 0 N–H and O–H groups in total. The van der Waals surface area contributed by atoms with Gasteiger partial charge in [-0.1, -0.05) is 48.5 Å². The molecule has 0 aromatic heterocycles. The largest absolute Gasteiger partial charge is 0.467 e. The van der Waals surface area contributed by atoms with Gasteiger partial charge in [0.1, 0.15) is 0 Å². The van der Waals surface area contributed by atoms with E-state index >= 15 is 0 Å². The van der Waals surface area contributed by atoms with Gasteiger partial charge in [-0.25, -0.2) is 9.79 Å². The van der Waals surface area contributed by atoms with Crippen molar-refractivity contribution in [2.75, 3.05) is 7.11 Å². The van der Waals surface area contributed by atoms with Gasteiger partial charge in [0.05, 0.1) is 7.11 Å². The number of aliphatic imine (C=N–C) groups is 1. The number of benzene rings is 2. The minimum atomic E-state index is -1.10. The molecule has 2 atom stereocenters. The van der Waals surface area contributed by atoms with Crippen LogP contribution in [0.5, 0.6) is 0 Å². The predicted molar refractivity (Wildman–Crippen MR) is 83.7 cm³/mol. The van der Waals surface area contributed by atoms with Gasteiger partial charge in [0.2, 0.25) is 5.90 Å². The molecule has 1 aliphatic heterocycles. The fraction of sp³-hybridized carbons (Fsp3) is 0.222. The minimum absolute atomic E-state index is 0.410. The maximum atomic E-state index is 12.3. The number of rotatable bonds is 3. The normalized spacial score (nSPS) is 23.5. The zero-order valence-corrected chi connectivity index (χ0v) is 12.5. The first-order chi connectivity index (χ1) is 10.6. The van der Waals surface area contributed by atoms with E-state index in [-0.39, 0.29) is 0 Å². The fourth-order valence-corrected chi connectivity index (χ4v) is 2.62. The van der Waals surface area contributed by atoms with E-state index in [0.717, 1.165) is 11.1 Å². The number of carbonyl (C=O) groups is 1. The second-order valence-corrected chi connectivity index (χ2v) is 5.33. The highest BCUT2D eigenvalue weighted by Crippen LogP contribution is 2.40. The summed E-state index contributed by atoms with van der Waals surface area (Å²) < 4.78 is 11.0. The van der Waals surface area contributed by atoms with E-state index in [1.807, 2.05) is 60.7 Å². The molecule has 22 heavy (non-hydrogen) atoms. The summed E-state index contributed by atoms with van der Waals surface area (Å²) >= 11 is 0. The number of methoxy groups -OCH3 is 1. The van der Waals surface area contributed by atoms with Crippen LogP contribution in [-0.4, -0.2) is 24.5 Å². The number of carbonyl (C=O) groups excluding carboxylic acids is 1. The molecule has 1 aliphatic rings. The summed E-state index contributed by atoms with van der Waals surface area (Å²) in [5.74, 6) is 0.0506. The van der Waals surface area contributed by atoms with Crippen LogP contribution < -0.4 is 0 Å². The third kappa shape index (κ3) is 2.37. The molecule has 0 unspecified atom stereocenters. The van der Waals surface area contributed by atoms with E-state index < -0.39 is 17.6 Å². The number of nitrogens with zero attached hydrogens (tertiary/aromatic N) is 1. The lowest BCUT2D eigenvalue weighted by atomic mass is 9.90. The van der Waals surface area contributed by atoms with Crippen LogP contribution in [0.1, 0.15) is 24.2 Å². The molecule has 3 rings (SSSR count). The molecule has 0 amide bonds. The van der Waals surface area contributed by atoms with Crippen molar-refractivity contribution in [2.24, 2.45) is 4.99 Å². The summed E-state index contributed by atoms with van der Waals surface area (Å²) in [5, 5.41) is 0. The van der Waals surface area contributed by atoms with Gasteiger partial charge in [0.15, 0.2) is 11.6 Å². The molecular weight excluding hydrogens is 278 g/mol. The van der Waals surface area contributed by atoms with Crippen LogP contribution in [0.15, 0.2) is 65.7 Å². The van der Waals surface area contributed by atoms with Gasteiger partial charge in [0.25, 0.3) is 0 Å². The number of hydrogen-bond acceptors (Lipinski definition) is 4. The average Bonchev–Trinajstić information content (AvgIpc) is 2.95. The Labute approximate surface area is 129 Å². The van der Waals surface area contributed by atoms with Crippen molar-refractivity contribution in [1.82, 2.24) is 0 Å². The lowest BCUT2D eigenvalue weighted by Crippen LogP contribution is -2.38. The van der Waals surface area contributed by atoms with Gasteiger partial charge >= 0.3 is 5.97 Å². The Kier molecular flexibility index (Phi) is 3.67. The van der Waals surface area contributed by atoms with Crippen molar-refractivity contribution in [3.63, 3.8) is 0 Å². The first-order valence-corrected chi connectivity index (χ1v) is 7.10. The van der Waals surface area contributed by atoms with Crippen molar-refractivity contribution < 1.29 is 14.3 Å². The summed E-state index contributed by atoms with van der Waals surface area (Å²) in [6.45, 7) is 1.74. The number of ether oxygens (including phenoxy) is 2. The van der Waals surface area contributed by atoms with Crippen LogP contribution in [0, 0.1) is 0 Å². The highest BCUT2D eigenvalue weighted by Gasteiger charge is 2.50. The van der Waals surface area contributed by atoms with Crippen LogP contribution in [-0.2, 0) is 14.3 Å². The molecular formula is C18H17NO3. The molecule has 0 aliphatic carbocycles. The number of hydrogen-bond donors (Lipinski definition) is 0. The second kappa shape index (κ2) is 5.64. The standard InChI is InChI=1S/C18H17NO3/c1-18(17(20)21-2)15(13-9-5-3-6-10-13)22-16(19-18)14-11-7-4-8-12-14/h3-12,15H,1-2H3/t15-,18-/m0/s1. The molecule has 4 heteroatoms. The van der Waals surface area contributed by atoms with Crippen LogP contribution in [0.3, 0.4) is 0 Å². The van der Waals surface area contributed by atoms with E-state index in [1.54, 1.807) is 6.92 Å². The summed E-state index contributed by atoms with van der Waals surface area (Å²) in [6, 6.07) is 19.2. The fourth-order valence-electron chi connectivity index (χ4n) is 2.62. The molecule has 0 radical (unpaired) electrons. The molecule has 0 saturated heterocycles. The zero-order chi connectivity index (χ0) is 15.6. The first kappa shape index (κ1) is 14.3. The summed E-state index contributed by atoms with van der Waals surface area (Å²) in [7, 11) is 1.37. The van der Waals surface area contributed by atoms with Crippen LogP contribution in [0.2, 0.25) is 0 Å². The predicted octanol–water partition coefficient (Wildman–Crippen LogP) is 3.14. The van der Waals surface area contributed by atoms with Crippen molar-refractivity contribution in [3.05, 3.63) is 71.8 Å². The zero-order valence-electron chi connectivity index (χ0n) is 12.5. The maximum Gasteiger partial charge on any atom is 0.337 e. The quantitative estimate of drug-likeness (QED) is 0.817. The van der Waals surface area contributed by atoms with Crippen molar-refractivity contribution in [3.8, 4) is 0 Å². The Balaban J connectivity index is 2.04. The van der Waals surface area contributed by atoms with E-state index in [4.69, 9.17) is 9.47 Å². The third-order valence-electron chi connectivity index (χ3n) is 3.80. The highest BCUT2D eigenvalue weighted by molar-refractivity contribution is 5.99. The number of esters is 1. The monoisotopic (exact) mass is 295 g/mol. The van der Waals surface area contributed by atoms with E-state index in [2.05, 4.69) is 4.99 Å². The molecule has 4 nitrogen and oxygen atoms in total. The maximum absolute atomic E-state index is 12.3. The molecule has 0 bridgehead atoms. The Morgan fingerprint density at radius 1 is 1.09 bits per heavy atom. The molecule has 2 aromatic carbocycles. The van der Waals surface area contributed by atoms with Crippen LogP contribution in [0.4, 0.5) is 0 Å². The summed E-state index contributed by atoms with van der Waals surface area (Å²) in [5.41, 5.74) is 0.641. The third-order valence-corrected chi connectivity index (χ3v) is 3.80. The smallest absolute Gasteiger partial charge is 0.337 e. The summed E-state index contributed by atoms with van der Waals surface area (Å²) in [4.78, 5) is 16.8.